The molecule has 1 rings (SSSR count). The average molecular weight is 271 g/mol. The molecule has 1 aromatic heterocycles. The number of hydrogen-bond acceptors (Lipinski definition) is 3. The maximum absolute atomic E-state index is 6.12. The predicted octanol–water partition coefficient (Wildman–Crippen LogP) is 4.26. The highest BCUT2D eigenvalue weighted by molar-refractivity contribution is 6.31. The van der Waals surface area contributed by atoms with E-state index in [1.54, 1.807) is 0 Å². The Labute approximate surface area is 115 Å². The number of nitrogens with one attached hydrogen (secondary N) is 1. The summed E-state index contributed by atoms with van der Waals surface area (Å²) < 4.78 is 5.73. The van der Waals surface area contributed by atoms with Crippen LogP contribution in [0.1, 0.15) is 45.7 Å². The molecule has 0 aliphatic heterocycles. The molecule has 0 aliphatic rings. The summed E-state index contributed by atoms with van der Waals surface area (Å²) in [7, 11) is 0. The molecule has 0 spiro atoms. The first-order valence-corrected chi connectivity index (χ1v) is 7.06. The lowest BCUT2D eigenvalue weighted by atomic mass is 10.2. The molecule has 0 fully saturated rings. The molecule has 0 bridgehead atoms. The highest BCUT2D eigenvalue weighted by atomic mass is 35.5. The van der Waals surface area contributed by atoms with Crippen LogP contribution in [0.2, 0.25) is 5.02 Å². The molecular formula is C14H23ClN2O. The van der Waals surface area contributed by atoms with Crippen molar-refractivity contribution in [2.45, 2.75) is 52.7 Å². The second kappa shape index (κ2) is 8.33. The maximum atomic E-state index is 6.12. The van der Waals surface area contributed by atoms with E-state index in [4.69, 9.17) is 16.3 Å². The summed E-state index contributed by atoms with van der Waals surface area (Å²) in [5.41, 5.74) is 0.806. The van der Waals surface area contributed by atoms with Crippen LogP contribution in [0.15, 0.2) is 12.1 Å². The summed E-state index contributed by atoms with van der Waals surface area (Å²) in [4.78, 5) is 4.47. The van der Waals surface area contributed by atoms with Crippen molar-refractivity contribution in [2.75, 3.05) is 11.9 Å². The molecule has 0 amide bonds. The summed E-state index contributed by atoms with van der Waals surface area (Å²) in [5.74, 6) is 0.864. The van der Waals surface area contributed by atoms with E-state index in [1.165, 1.54) is 0 Å². The van der Waals surface area contributed by atoms with E-state index in [1.807, 2.05) is 12.1 Å². The Balaban J connectivity index is 2.57. The number of ether oxygens (including phenoxy) is 1. The van der Waals surface area contributed by atoms with Crippen molar-refractivity contribution in [3.63, 3.8) is 0 Å². The molecule has 0 saturated heterocycles. The van der Waals surface area contributed by atoms with Gasteiger partial charge in [0.15, 0.2) is 0 Å². The van der Waals surface area contributed by atoms with Crippen molar-refractivity contribution in [1.29, 1.82) is 0 Å². The van der Waals surface area contributed by atoms with Gasteiger partial charge in [0, 0.05) is 6.54 Å². The molecular weight excluding hydrogens is 248 g/mol. The van der Waals surface area contributed by atoms with Gasteiger partial charge in [-0.05, 0) is 31.9 Å². The topological polar surface area (TPSA) is 34.1 Å². The van der Waals surface area contributed by atoms with Crippen LogP contribution in [0.25, 0.3) is 0 Å². The van der Waals surface area contributed by atoms with E-state index in [0.29, 0.717) is 11.6 Å². The van der Waals surface area contributed by atoms with Gasteiger partial charge in [-0.2, -0.15) is 0 Å². The summed E-state index contributed by atoms with van der Waals surface area (Å²) in [6, 6.07) is 3.77. The van der Waals surface area contributed by atoms with Crippen LogP contribution < -0.4 is 5.32 Å². The zero-order valence-corrected chi connectivity index (χ0v) is 12.3. The van der Waals surface area contributed by atoms with Crippen molar-refractivity contribution >= 4 is 17.4 Å². The van der Waals surface area contributed by atoms with Gasteiger partial charge in [-0.3, -0.25) is 0 Å². The van der Waals surface area contributed by atoms with Gasteiger partial charge in [0.25, 0.3) is 0 Å². The molecule has 0 aliphatic carbocycles. The lowest BCUT2D eigenvalue weighted by molar-refractivity contribution is 0.0454. The molecule has 0 aromatic carbocycles. The second-order valence-corrected chi connectivity index (χ2v) is 4.87. The maximum Gasteiger partial charge on any atom is 0.126 e. The fourth-order valence-corrected chi connectivity index (χ4v) is 1.81. The van der Waals surface area contributed by atoms with Gasteiger partial charge < -0.3 is 10.1 Å². The third-order valence-corrected chi connectivity index (χ3v) is 3.02. The van der Waals surface area contributed by atoms with Crippen molar-refractivity contribution in [2.24, 2.45) is 0 Å². The molecule has 1 heterocycles. The van der Waals surface area contributed by atoms with Crippen LogP contribution in [-0.2, 0) is 11.3 Å². The number of halogens is 1. The van der Waals surface area contributed by atoms with E-state index in [0.717, 1.165) is 37.3 Å². The Hall–Kier alpha value is -0.800. The van der Waals surface area contributed by atoms with Gasteiger partial charge in [0.1, 0.15) is 5.82 Å². The predicted molar refractivity (Wildman–Crippen MR) is 77.2 cm³/mol. The van der Waals surface area contributed by atoms with Crippen LogP contribution >= 0.6 is 11.6 Å². The van der Waals surface area contributed by atoms with Gasteiger partial charge in [-0.25, -0.2) is 4.98 Å². The van der Waals surface area contributed by atoms with Crippen molar-refractivity contribution in [3.8, 4) is 0 Å². The minimum absolute atomic E-state index is 0.250. The van der Waals surface area contributed by atoms with Crippen LogP contribution in [0.3, 0.4) is 0 Å². The number of hydrogen-bond donors (Lipinski definition) is 1. The molecule has 18 heavy (non-hydrogen) atoms. The number of anilines is 1. The van der Waals surface area contributed by atoms with Gasteiger partial charge in [-0.15, -0.1) is 0 Å². The quantitative estimate of drug-likeness (QED) is 0.766. The molecule has 4 heteroatoms. The third-order valence-electron chi connectivity index (χ3n) is 2.67. The number of nitrogens with zero attached hydrogens (tertiary/aromatic N) is 1. The number of pyridine rings is 1. The van der Waals surface area contributed by atoms with E-state index >= 15 is 0 Å². The largest absolute Gasteiger partial charge is 0.372 e. The van der Waals surface area contributed by atoms with Crippen molar-refractivity contribution < 1.29 is 4.74 Å². The minimum Gasteiger partial charge on any atom is -0.372 e. The third kappa shape index (κ3) is 5.23. The summed E-state index contributed by atoms with van der Waals surface area (Å²) in [6.07, 6.45) is 3.51. The SMILES string of the molecule is CCCNc1ccc(Cl)c(COC(C)CCC)n1. The lowest BCUT2D eigenvalue weighted by Gasteiger charge is -2.13. The summed E-state index contributed by atoms with van der Waals surface area (Å²) in [5, 5.41) is 3.92. The van der Waals surface area contributed by atoms with Crippen LogP contribution in [0.4, 0.5) is 5.82 Å². The number of rotatable bonds is 8. The summed E-state index contributed by atoms with van der Waals surface area (Å²) in [6.45, 7) is 7.75. The minimum atomic E-state index is 0.250. The monoisotopic (exact) mass is 270 g/mol. The highest BCUT2D eigenvalue weighted by Gasteiger charge is 2.07. The first-order chi connectivity index (χ1) is 8.67. The van der Waals surface area contributed by atoms with Crippen molar-refractivity contribution in [3.05, 3.63) is 22.8 Å². The summed E-state index contributed by atoms with van der Waals surface area (Å²) >= 11 is 6.12. The van der Waals surface area contributed by atoms with Crippen LogP contribution in [-0.4, -0.2) is 17.6 Å². The molecule has 1 aromatic rings. The number of aromatic nitrogens is 1. The van der Waals surface area contributed by atoms with E-state index in [-0.39, 0.29) is 6.10 Å². The Morgan fingerprint density at radius 1 is 1.33 bits per heavy atom. The molecule has 1 atom stereocenters. The van der Waals surface area contributed by atoms with E-state index in [9.17, 15) is 0 Å². The standard InChI is InChI=1S/C14H23ClN2O/c1-4-6-11(3)18-10-13-12(15)7-8-14(17-13)16-9-5-2/h7-8,11H,4-6,9-10H2,1-3H3,(H,16,17). The zero-order chi connectivity index (χ0) is 13.4. The Morgan fingerprint density at radius 2 is 2.11 bits per heavy atom. The smallest absolute Gasteiger partial charge is 0.126 e. The normalized spacial score (nSPS) is 12.4. The van der Waals surface area contributed by atoms with Gasteiger partial charge in [0.05, 0.1) is 23.4 Å². The average Bonchev–Trinajstić information content (AvgIpc) is 2.36. The van der Waals surface area contributed by atoms with Gasteiger partial charge in [-0.1, -0.05) is 31.9 Å². The molecule has 0 saturated carbocycles. The van der Waals surface area contributed by atoms with Gasteiger partial charge in [0.2, 0.25) is 0 Å². The second-order valence-electron chi connectivity index (χ2n) is 4.46. The van der Waals surface area contributed by atoms with E-state index in [2.05, 4.69) is 31.1 Å². The first kappa shape index (κ1) is 15.3. The molecule has 102 valence electrons. The first-order valence-electron chi connectivity index (χ1n) is 6.68. The Kier molecular flexibility index (Phi) is 7.06. The molecule has 3 nitrogen and oxygen atoms in total. The van der Waals surface area contributed by atoms with Crippen molar-refractivity contribution in [1.82, 2.24) is 4.98 Å². The fourth-order valence-electron chi connectivity index (χ4n) is 1.65. The molecule has 0 radical (unpaired) electrons. The Morgan fingerprint density at radius 3 is 2.78 bits per heavy atom. The van der Waals surface area contributed by atoms with E-state index < -0.39 is 0 Å². The fraction of sp³-hybridized carbons (Fsp3) is 0.643. The van der Waals surface area contributed by atoms with Crippen LogP contribution in [0, 0.1) is 0 Å². The van der Waals surface area contributed by atoms with Crippen LogP contribution in [0.5, 0.6) is 0 Å². The van der Waals surface area contributed by atoms with Gasteiger partial charge >= 0.3 is 0 Å². The lowest BCUT2D eigenvalue weighted by Crippen LogP contribution is -2.10. The highest BCUT2D eigenvalue weighted by Crippen LogP contribution is 2.18. The Bertz CT molecular complexity index is 358. The molecule has 1 unspecified atom stereocenters. The zero-order valence-electron chi connectivity index (χ0n) is 11.5. The molecule has 1 N–H and O–H groups in total.